The highest BCUT2D eigenvalue weighted by Crippen LogP contribution is 2.38. The van der Waals surface area contributed by atoms with Gasteiger partial charge in [-0.15, -0.1) is 4.90 Å². The van der Waals surface area contributed by atoms with Gasteiger partial charge in [-0.2, -0.15) is 13.2 Å². The average molecular weight is 651 g/mol. The van der Waals surface area contributed by atoms with Crippen LogP contribution in [0, 0.1) is 0 Å². The number of hydrogen-bond acceptors (Lipinski definition) is 12. The molecule has 0 radical (unpaired) electrons. The number of alkyl halides is 3. The fourth-order valence-electron chi connectivity index (χ4n) is 4.88. The van der Waals surface area contributed by atoms with Gasteiger partial charge in [-0.1, -0.05) is 0 Å². The lowest BCUT2D eigenvalue weighted by molar-refractivity contribution is -0.140. The van der Waals surface area contributed by atoms with Gasteiger partial charge in [0.2, 0.25) is 5.95 Å². The van der Waals surface area contributed by atoms with Gasteiger partial charge in [-0.25, -0.2) is 34.5 Å². The molecule has 0 bridgehead atoms. The minimum absolute atomic E-state index is 0.230. The van der Waals surface area contributed by atoms with Crippen LogP contribution in [0.4, 0.5) is 34.5 Å². The van der Waals surface area contributed by atoms with Crippen molar-refractivity contribution in [3.8, 4) is 11.4 Å². The van der Waals surface area contributed by atoms with Crippen molar-refractivity contribution >= 4 is 35.1 Å². The summed E-state index contributed by atoms with van der Waals surface area (Å²) < 4.78 is 67.9. The largest absolute Gasteiger partial charge is 0.443 e. The van der Waals surface area contributed by atoms with Crippen LogP contribution in [0.1, 0.15) is 72.7 Å². The summed E-state index contributed by atoms with van der Waals surface area (Å²) in [4.78, 5) is 49.6. The molecule has 2 aliphatic heterocycles. The van der Waals surface area contributed by atoms with Crippen molar-refractivity contribution in [3.05, 3.63) is 18.2 Å². The van der Waals surface area contributed by atoms with Gasteiger partial charge in [0, 0.05) is 25.9 Å². The van der Waals surface area contributed by atoms with Gasteiger partial charge in [0.15, 0.2) is 28.5 Å². The minimum atomic E-state index is -5.08. The molecule has 2 amide bonds. The van der Waals surface area contributed by atoms with E-state index in [1.54, 1.807) is 10.9 Å². The third-order valence-electron chi connectivity index (χ3n) is 6.82. The summed E-state index contributed by atoms with van der Waals surface area (Å²) in [7, 11) is 0. The van der Waals surface area contributed by atoms with Crippen LogP contribution in [-0.4, -0.2) is 85.8 Å². The highest BCUT2D eigenvalue weighted by molar-refractivity contribution is 6.08. The smallest absolute Gasteiger partial charge is 0.434 e. The van der Waals surface area contributed by atoms with Crippen molar-refractivity contribution in [3.63, 3.8) is 0 Å². The monoisotopic (exact) mass is 650 g/mol. The number of ether oxygens (including phenoxy) is 4. The third kappa shape index (κ3) is 7.46. The lowest BCUT2D eigenvalue weighted by Gasteiger charge is -2.29. The number of anilines is 2. The summed E-state index contributed by atoms with van der Waals surface area (Å²) in [6, 6.07) is 0. The van der Waals surface area contributed by atoms with Crippen LogP contribution in [0.3, 0.4) is 0 Å². The number of morpholine rings is 1. The van der Waals surface area contributed by atoms with Crippen molar-refractivity contribution in [2.24, 2.45) is 0 Å². The summed E-state index contributed by atoms with van der Waals surface area (Å²) >= 11 is 0. The van der Waals surface area contributed by atoms with Crippen LogP contribution in [0.15, 0.2) is 12.5 Å². The fourth-order valence-corrected chi connectivity index (χ4v) is 4.88. The van der Waals surface area contributed by atoms with E-state index in [1.165, 1.54) is 41.5 Å². The molecule has 5 rings (SSSR count). The van der Waals surface area contributed by atoms with Crippen molar-refractivity contribution < 1.29 is 41.7 Å². The number of imide groups is 1. The highest BCUT2D eigenvalue weighted by atomic mass is 19.4. The summed E-state index contributed by atoms with van der Waals surface area (Å²) in [5.41, 5.74) is -3.57. The summed E-state index contributed by atoms with van der Waals surface area (Å²) in [5, 5.41) is 0. The van der Waals surface area contributed by atoms with E-state index in [0.29, 0.717) is 50.7 Å². The number of imidazole rings is 1. The van der Waals surface area contributed by atoms with Crippen LogP contribution in [0.2, 0.25) is 0 Å². The van der Waals surface area contributed by atoms with Gasteiger partial charge in [0.05, 0.1) is 25.1 Å². The number of carbonyl (C=O) groups excluding carboxylic acids is 2. The zero-order valence-corrected chi connectivity index (χ0v) is 26.5. The van der Waals surface area contributed by atoms with Crippen LogP contribution < -0.4 is 9.80 Å². The van der Waals surface area contributed by atoms with Crippen molar-refractivity contribution in [1.82, 2.24) is 29.5 Å². The Labute approximate surface area is 263 Å². The average Bonchev–Trinajstić information content (AvgIpc) is 3.39. The molecule has 250 valence electrons. The molecule has 0 saturated carbocycles. The molecule has 0 aliphatic carbocycles. The van der Waals surface area contributed by atoms with Crippen molar-refractivity contribution in [2.75, 3.05) is 42.7 Å². The van der Waals surface area contributed by atoms with Gasteiger partial charge in [-0.3, -0.25) is 4.57 Å². The Balaban J connectivity index is 1.67. The Morgan fingerprint density at radius 1 is 0.913 bits per heavy atom. The number of nitrogens with zero attached hydrogens (tertiary/aromatic N) is 8. The van der Waals surface area contributed by atoms with Gasteiger partial charge in [-0.05, 0) is 60.8 Å². The number of halogens is 3. The second-order valence-corrected chi connectivity index (χ2v) is 12.8. The molecule has 0 N–H and O–H groups in total. The first-order valence-corrected chi connectivity index (χ1v) is 14.9. The molecule has 3 aromatic rings. The predicted molar refractivity (Wildman–Crippen MR) is 158 cm³/mol. The van der Waals surface area contributed by atoms with E-state index in [1.807, 2.05) is 4.90 Å². The van der Waals surface area contributed by atoms with Crippen LogP contribution in [0.25, 0.3) is 22.6 Å². The SMILES string of the molecule is CC(C)(C)OC(=O)N(C(=O)OC(C)(C)C)c1ncc(-c2nc(N3CCOCC3)c3ncn([C@@H]4CCCCO4)c3n2)c(C(F)(F)F)n1. The molecule has 1 atom stereocenters. The minimum Gasteiger partial charge on any atom is -0.443 e. The summed E-state index contributed by atoms with van der Waals surface area (Å²) in [6.45, 7) is 11.4. The van der Waals surface area contributed by atoms with Crippen molar-refractivity contribution in [1.29, 1.82) is 0 Å². The maximum absolute atomic E-state index is 14.7. The maximum atomic E-state index is 14.7. The zero-order chi connectivity index (χ0) is 33.4. The van der Waals surface area contributed by atoms with Gasteiger partial charge < -0.3 is 23.8 Å². The molecule has 3 aromatic heterocycles. The standard InChI is InChI=1S/C29H37F3N8O6/c1-27(2,3)45-25(41)40(26(42)46-28(4,5)6)24-33-15-17(20(35-24)29(30,31)32)21-36-22(38-10-13-43-14-11-38)19-23(37-21)39(16-34-19)18-9-7-8-12-44-18/h15-16,18H,7-14H2,1-6H3/t18-/m0/s1. The molecule has 2 fully saturated rings. The van der Waals surface area contributed by atoms with E-state index in [-0.39, 0.29) is 16.4 Å². The second-order valence-electron chi connectivity index (χ2n) is 12.8. The molecule has 0 spiro atoms. The predicted octanol–water partition coefficient (Wildman–Crippen LogP) is 5.51. The molecule has 46 heavy (non-hydrogen) atoms. The zero-order valence-electron chi connectivity index (χ0n) is 26.5. The first kappa shape index (κ1) is 33.2. The molecule has 0 unspecified atom stereocenters. The number of hydrogen-bond donors (Lipinski definition) is 0. The number of amides is 2. The lowest BCUT2D eigenvalue weighted by atomic mass is 10.2. The molecule has 2 saturated heterocycles. The van der Waals surface area contributed by atoms with Crippen molar-refractivity contribution in [2.45, 2.75) is 84.4 Å². The van der Waals surface area contributed by atoms with Crippen LogP contribution in [0.5, 0.6) is 0 Å². The molecule has 2 aliphatic rings. The quantitative estimate of drug-likeness (QED) is 0.351. The third-order valence-corrected chi connectivity index (χ3v) is 6.82. The molecule has 17 heteroatoms. The number of rotatable bonds is 4. The molecular weight excluding hydrogens is 613 g/mol. The Bertz CT molecular complexity index is 1560. The first-order valence-electron chi connectivity index (χ1n) is 14.9. The Morgan fingerprint density at radius 3 is 2.13 bits per heavy atom. The number of fused-ring (bicyclic) bond motifs is 1. The summed E-state index contributed by atoms with van der Waals surface area (Å²) in [5.74, 6) is -0.902. The topological polar surface area (TPSA) is 147 Å². The van der Waals surface area contributed by atoms with E-state index in [2.05, 4.69) is 24.9 Å². The second kappa shape index (κ2) is 12.6. The maximum Gasteiger partial charge on any atom is 0.434 e. The highest BCUT2D eigenvalue weighted by Gasteiger charge is 2.41. The van der Waals surface area contributed by atoms with E-state index >= 15 is 0 Å². The Morgan fingerprint density at radius 2 is 1.57 bits per heavy atom. The normalized spacial score (nSPS) is 18.0. The van der Waals surface area contributed by atoms with Crippen LogP contribution >= 0.6 is 0 Å². The number of aromatic nitrogens is 6. The molecule has 0 aromatic carbocycles. The van der Waals surface area contributed by atoms with Gasteiger partial charge >= 0.3 is 18.4 Å². The fraction of sp³-hybridized carbons (Fsp3) is 0.621. The summed E-state index contributed by atoms with van der Waals surface area (Å²) in [6.07, 6.45) is -3.27. The first-order chi connectivity index (χ1) is 21.5. The lowest BCUT2D eigenvalue weighted by Crippen LogP contribution is -2.44. The molecular formula is C29H37F3N8O6. The molecule has 14 nitrogen and oxygen atoms in total. The van der Waals surface area contributed by atoms with E-state index in [9.17, 15) is 22.8 Å². The number of carbonyl (C=O) groups is 2. The van der Waals surface area contributed by atoms with Crippen LogP contribution in [-0.2, 0) is 25.1 Å². The van der Waals surface area contributed by atoms with E-state index < -0.39 is 53.0 Å². The Kier molecular flexibility index (Phi) is 9.10. The van der Waals surface area contributed by atoms with E-state index in [4.69, 9.17) is 18.9 Å². The van der Waals surface area contributed by atoms with Gasteiger partial charge in [0.1, 0.15) is 17.4 Å². The Hall–Kier alpha value is -4.12. The van der Waals surface area contributed by atoms with Gasteiger partial charge in [0.25, 0.3) is 0 Å². The molecule has 5 heterocycles. The van der Waals surface area contributed by atoms with E-state index in [0.717, 1.165) is 19.0 Å².